The summed E-state index contributed by atoms with van der Waals surface area (Å²) in [7, 11) is 1.99. The first-order chi connectivity index (χ1) is 7.19. The summed E-state index contributed by atoms with van der Waals surface area (Å²) in [5.41, 5.74) is 1.11. The molecule has 82 valence electrons. The molecule has 0 aromatic heterocycles. The van der Waals surface area contributed by atoms with Crippen molar-refractivity contribution in [2.75, 3.05) is 7.05 Å². The van der Waals surface area contributed by atoms with E-state index >= 15 is 0 Å². The number of nitrogens with one attached hydrogen (secondary N) is 1. The zero-order chi connectivity index (χ0) is 10.8. The van der Waals surface area contributed by atoms with Crippen LogP contribution in [0, 0.1) is 6.92 Å². The van der Waals surface area contributed by atoms with Crippen LogP contribution in [0.15, 0.2) is 18.2 Å². The van der Waals surface area contributed by atoms with Gasteiger partial charge < -0.3 is 10.1 Å². The van der Waals surface area contributed by atoms with Crippen molar-refractivity contribution in [1.29, 1.82) is 0 Å². The Bertz CT molecular complexity index is 347. The normalized spacial score (nSPS) is 24.7. The van der Waals surface area contributed by atoms with E-state index in [1.54, 1.807) is 0 Å². The summed E-state index contributed by atoms with van der Waals surface area (Å²) in [6.45, 7) is 2.02. The molecule has 0 bridgehead atoms. The van der Waals surface area contributed by atoms with E-state index in [0.29, 0.717) is 12.1 Å². The number of rotatable bonds is 3. The summed E-state index contributed by atoms with van der Waals surface area (Å²) >= 11 is 5.88. The first kappa shape index (κ1) is 10.8. The van der Waals surface area contributed by atoms with Crippen LogP contribution in [-0.4, -0.2) is 19.2 Å². The van der Waals surface area contributed by atoms with Crippen LogP contribution in [0.4, 0.5) is 0 Å². The molecule has 15 heavy (non-hydrogen) atoms. The molecule has 0 atom stereocenters. The van der Waals surface area contributed by atoms with Crippen molar-refractivity contribution in [2.24, 2.45) is 0 Å². The van der Waals surface area contributed by atoms with E-state index in [9.17, 15) is 0 Å². The SMILES string of the molecule is CNC1CC(Oc2ccc(Cl)cc2C)C1. The van der Waals surface area contributed by atoms with Crippen molar-refractivity contribution in [3.63, 3.8) is 0 Å². The Kier molecular flexibility index (Phi) is 3.17. The van der Waals surface area contributed by atoms with Crippen molar-refractivity contribution >= 4 is 11.6 Å². The highest BCUT2D eigenvalue weighted by Gasteiger charge is 2.29. The third kappa shape index (κ3) is 2.44. The quantitative estimate of drug-likeness (QED) is 0.854. The van der Waals surface area contributed by atoms with Crippen LogP contribution >= 0.6 is 11.6 Å². The highest BCUT2D eigenvalue weighted by Crippen LogP contribution is 2.29. The zero-order valence-corrected chi connectivity index (χ0v) is 9.84. The molecule has 0 saturated heterocycles. The second kappa shape index (κ2) is 4.42. The van der Waals surface area contributed by atoms with E-state index in [-0.39, 0.29) is 0 Å². The highest BCUT2D eigenvalue weighted by molar-refractivity contribution is 6.30. The van der Waals surface area contributed by atoms with Gasteiger partial charge >= 0.3 is 0 Å². The minimum absolute atomic E-state index is 0.363. The van der Waals surface area contributed by atoms with Gasteiger partial charge in [0.15, 0.2) is 0 Å². The smallest absolute Gasteiger partial charge is 0.122 e. The molecule has 1 aliphatic rings. The second-order valence-corrected chi connectivity index (χ2v) is 4.54. The van der Waals surface area contributed by atoms with Gasteiger partial charge in [0, 0.05) is 11.1 Å². The first-order valence-electron chi connectivity index (χ1n) is 5.29. The summed E-state index contributed by atoms with van der Waals surface area (Å²) in [6.07, 6.45) is 2.55. The summed E-state index contributed by atoms with van der Waals surface area (Å²) in [5, 5.41) is 4.01. The average molecular weight is 226 g/mol. The molecule has 2 nitrogen and oxygen atoms in total. The number of halogens is 1. The molecule has 1 aromatic carbocycles. The minimum atomic E-state index is 0.363. The van der Waals surface area contributed by atoms with E-state index in [4.69, 9.17) is 16.3 Å². The Morgan fingerprint density at radius 3 is 2.73 bits per heavy atom. The van der Waals surface area contributed by atoms with Gasteiger partial charge in [-0.15, -0.1) is 0 Å². The summed E-state index contributed by atoms with van der Waals surface area (Å²) in [5.74, 6) is 0.957. The Balaban J connectivity index is 1.94. The van der Waals surface area contributed by atoms with Crippen LogP contribution in [0.1, 0.15) is 18.4 Å². The molecule has 1 N–H and O–H groups in total. The predicted octanol–water partition coefficient (Wildman–Crippen LogP) is 2.78. The Labute approximate surface area is 95.6 Å². The molecule has 3 heteroatoms. The van der Waals surface area contributed by atoms with Gasteiger partial charge in [0.2, 0.25) is 0 Å². The lowest BCUT2D eigenvalue weighted by Gasteiger charge is -2.35. The number of ether oxygens (including phenoxy) is 1. The van der Waals surface area contributed by atoms with Gasteiger partial charge in [0.25, 0.3) is 0 Å². The lowest BCUT2D eigenvalue weighted by atomic mass is 9.89. The van der Waals surface area contributed by atoms with Crippen molar-refractivity contribution in [3.05, 3.63) is 28.8 Å². The maximum atomic E-state index is 5.88. The fourth-order valence-corrected chi connectivity index (χ4v) is 2.05. The van der Waals surface area contributed by atoms with Crippen molar-refractivity contribution < 1.29 is 4.74 Å². The van der Waals surface area contributed by atoms with E-state index in [2.05, 4.69) is 5.32 Å². The molecule has 0 unspecified atom stereocenters. The third-order valence-corrected chi connectivity index (χ3v) is 3.17. The molecule has 2 rings (SSSR count). The van der Waals surface area contributed by atoms with Gasteiger partial charge in [-0.1, -0.05) is 11.6 Å². The molecular formula is C12H16ClNO. The number of hydrogen-bond acceptors (Lipinski definition) is 2. The maximum Gasteiger partial charge on any atom is 0.122 e. The van der Waals surface area contributed by atoms with Crippen molar-refractivity contribution in [2.45, 2.75) is 31.9 Å². The number of benzene rings is 1. The summed E-state index contributed by atoms with van der Waals surface area (Å²) < 4.78 is 5.87. The number of hydrogen-bond donors (Lipinski definition) is 1. The zero-order valence-electron chi connectivity index (χ0n) is 9.09. The Hall–Kier alpha value is -0.730. The molecule has 1 aliphatic carbocycles. The minimum Gasteiger partial charge on any atom is -0.490 e. The third-order valence-electron chi connectivity index (χ3n) is 2.93. The molecule has 0 aliphatic heterocycles. The molecule has 1 aromatic rings. The van der Waals surface area contributed by atoms with Crippen LogP contribution in [-0.2, 0) is 0 Å². The van der Waals surface area contributed by atoms with Gasteiger partial charge in [-0.05, 0) is 50.6 Å². The summed E-state index contributed by atoms with van der Waals surface area (Å²) in [6, 6.07) is 6.38. The lowest BCUT2D eigenvalue weighted by Crippen LogP contribution is -2.45. The van der Waals surface area contributed by atoms with Crippen LogP contribution in [0.3, 0.4) is 0 Å². The van der Waals surface area contributed by atoms with Crippen molar-refractivity contribution in [3.8, 4) is 5.75 Å². The fourth-order valence-electron chi connectivity index (χ4n) is 1.82. The fraction of sp³-hybridized carbons (Fsp3) is 0.500. The molecule has 0 heterocycles. The largest absolute Gasteiger partial charge is 0.490 e. The standard InChI is InChI=1S/C12H16ClNO/c1-8-5-9(13)3-4-12(8)15-11-6-10(7-11)14-2/h3-5,10-11,14H,6-7H2,1-2H3. The van der Waals surface area contributed by atoms with Gasteiger partial charge in [-0.25, -0.2) is 0 Å². The van der Waals surface area contributed by atoms with Crippen LogP contribution in [0.2, 0.25) is 5.02 Å². The monoisotopic (exact) mass is 225 g/mol. The van der Waals surface area contributed by atoms with Crippen molar-refractivity contribution in [1.82, 2.24) is 5.32 Å². The molecule has 0 radical (unpaired) electrons. The molecule has 1 fully saturated rings. The highest BCUT2D eigenvalue weighted by atomic mass is 35.5. The van der Waals surface area contributed by atoms with Crippen LogP contribution in [0.25, 0.3) is 0 Å². The van der Waals surface area contributed by atoms with E-state index < -0.39 is 0 Å². The van der Waals surface area contributed by atoms with E-state index in [1.807, 2.05) is 32.2 Å². The van der Waals surface area contributed by atoms with Gasteiger partial charge in [0.05, 0.1) is 0 Å². The maximum absolute atomic E-state index is 5.88. The Morgan fingerprint density at radius 2 is 2.13 bits per heavy atom. The average Bonchev–Trinajstić information content (AvgIpc) is 2.13. The second-order valence-electron chi connectivity index (χ2n) is 4.11. The van der Waals surface area contributed by atoms with Crippen LogP contribution < -0.4 is 10.1 Å². The van der Waals surface area contributed by atoms with E-state index in [1.165, 1.54) is 0 Å². The first-order valence-corrected chi connectivity index (χ1v) is 5.67. The van der Waals surface area contributed by atoms with Gasteiger partial charge in [-0.3, -0.25) is 0 Å². The summed E-state index contributed by atoms with van der Waals surface area (Å²) in [4.78, 5) is 0. The molecule has 0 amide bonds. The molecule has 1 saturated carbocycles. The van der Waals surface area contributed by atoms with E-state index in [0.717, 1.165) is 29.2 Å². The lowest BCUT2D eigenvalue weighted by molar-refractivity contribution is 0.0878. The molecule has 0 spiro atoms. The van der Waals surface area contributed by atoms with Gasteiger partial charge in [-0.2, -0.15) is 0 Å². The van der Waals surface area contributed by atoms with Crippen LogP contribution in [0.5, 0.6) is 5.75 Å². The number of aryl methyl sites for hydroxylation is 1. The predicted molar refractivity (Wildman–Crippen MR) is 62.7 cm³/mol. The topological polar surface area (TPSA) is 21.3 Å². The Morgan fingerprint density at radius 1 is 1.40 bits per heavy atom. The van der Waals surface area contributed by atoms with Gasteiger partial charge in [0.1, 0.15) is 11.9 Å². The molecular weight excluding hydrogens is 210 g/mol.